The van der Waals surface area contributed by atoms with Crippen molar-refractivity contribution in [2.24, 2.45) is 0 Å². The van der Waals surface area contributed by atoms with E-state index in [4.69, 9.17) is 14.2 Å². The van der Waals surface area contributed by atoms with Gasteiger partial charge in [-0.1, -0.05) is 0 Å². The number of rotatable bonds is 5. The molecule has 8 heteroatoms. The molecule has 0 bridgehead atoms. The van der Waals surface area contributed by atoms with E-state index in [1.807, 2.05) is 6.92 Å². The molecule has 0 saturated carbocycles. The van der Waals surface area contributed by atoms with Gasteiger partial charge in [-0.2, -0.15) is 0 Å². The first-order chi connectivity index (χ1) is 12.9. The number of hydrogen-bond acceptors (Lipinski definition) is 6. The number of anilines is 2. The van der Waals surface area contributed by atoms with Gasteiger partial charge in [0.1, 0.15) is 0 Å². The Labute approximate surface area is 157 Å². The number of carbonyl (C=O) groups excluding carboxylic acids is 2. The van der Waals surface area contributed by atoms with Crippen LogP contribution >= 0.6 is 0 Å². The van der Waals surface area contributed by atoms with Crippen LogP contribution in [0.25, 0.3) is 0 Å². The van der Waals surface area contributed by atoms with Crippen molar-refractivity contribution >= 4 is 23.3 Å². The van der Waals surface area contributed by atoms with Crippen LogP contribution in [0.2, 0.25) is 0 Å². The van der Waals surface area contributed by atoms with E-state index in [0.29, 0.717) is 35.3 Å². The zero-order valence-electron chi connectivity index (χ0n) is 15.6. The van der Waals surface area contributed by atoms with E-state index in [9.17, 15) is 9.59 Å². The molecule has 0 saturated heterocycles. The van der Waals surface area contributed by atoms with Crippen LogP contribution in [-0.4, -0.2) is 43.2 Å². The Morgan fingerprint density at radius 1 is 1.26 bits per heavy atom. The third-order valence-electron chi connectivity index (χ3n) is 4.36. The number of methoxy groups -OCH3 is 2. The van der Waals surface area contributed by atoms with Gasteiger partial charge in [0.25, 0.3) is 17.4 Å². The number of pyridine rings is 1. The van der Waals surface area contributed by atoms with Crippen LogP contribution in [0.3, 0.4) is 0 Å². The fourth-order valence-electron chi connectivity index (χ4n) is 2.88. The number of benzene rings is 1. The Morgan fingerprint density at radius 3 is 2.67 bits per heavy atom. The number of ether oxygens (including phenoxy) is 3. The predicted molar refractivity (Wildman–Crippen MR) is 99.5 cm³/mol. The largest absolute Gasteiger partial charge is 0.493 e. The number of hydrogen-bond donors (Lipinski definition) is 1. The normalized spacial score (nSPS) is 18.4. The number of amides is 2. The lowest BCUT2D eigenvalue weighted by molar-refractivity contribution is -0.145. The highest BCUT2D eigenvalue weighted by Gasteiger charge is 2.50. The Bertz CT molecular complexity index is 885. The van der Waals surface area contributed by atoms with Crippen molar-refractivity contribution in [2.45, 2.75) is 19.4 Å². The van der Waals surface area contributed by atoms with Gasteiger partial charge < -0.3 is 19.5 Å². The summed E-state index contributed by atoms with van der Waals surface area (Å²) in [7, 11) is 3.03. The first-order valence-corrected chi connectivity index (χ1v) is 8.44. The number of aromatic nitrogens is 1. The predicted octanol–water partition coefficient (Wildman–Crippen LogP) is 2.24. The molecule has 142 valence electrons. The summed E-state index contributed by atoms with van der Waals surface area (Å²) in [5.74, 6) is 0.706. The topological polar surface area (TPSA) is 90.0 Å². The SMILES string of the molecule is CCN1C(=O)[C@@](C)(C(=O)Nc2ccc(OC)c(OC)c2)Oc2cccnc21. The van der Waals surface area contributed by atoms with E-state index < -0.39 is 17.4 Å². The van der Waals surface area contributed by atoms with Crippen LogP contribution in [0.4, 0.5) is 11.5 Å². The van der Waals surface area contributed by atoms with Crippen molar-refractivity contribution < 1.29 is 23.8 Å². The van der Waals surface area contributed by atoms with Crippen molar-refractivity contribution in [3.63, 3.8) is 0 Å². The van der Waals surface area contributed by atoms with Gasteiger partial charge in [-0.15, -0.1) is 0 Å². The minimum absolute atomic E-state index is 0.367. The number of carbonyl (C=O) groups is 2. The first-order valence-electron chi connectivity index (χ1n) is 8.44. The van der Waals surface area contributed by atoms with Crippen LogP contribution < -0.4 is 24.4 Å². The van der Waals surface area contributed by atoms with Gasteiger partial charge in [-0.25, -0.2) is 4.98 Å². The highest BCUT2D eigenvalue weighted by molar-refractivity contribution is 6.19. The molecule has 27 heavy (non-hydrogen) atoms. The van der Waals surface area contributed by atoms with Gasteiger partial charge in [0, 0.05) is 24.5 Å². The third kappa shape index (κ3) is 3.14. The third-order valence-corrected chi connectivity index (χ3v) is 4.36. The van der Waals surface area contributed by atoms with Crippen LogP contribution in [0.5, 0.6) is 17.2 Å². The van der Waals surface area contributed by atoms with E-state index in [1.165, 1.54) is 26.0 Å². The van der Waals surface area contributed by atoms with E-state index >= 15 is 0 Å². The Hall–Kier alpha value is -3.29. The highest BCUT2D eigenvalue weighted by Crippen LogP contribution is 2.37. The summed E-state index contributed by atoms with van der Waals surface area (Å²) in [6.07, 6.45) is 1.57. The molecule has 2 heterocycles. The van der Waals surface area contributed by atoms with Gasteiger partial charge in [-0.05, 0) is 38.1 Å². The summed E-state index contributed by atoms with van der Waals surface area (Å²) < 4.78 is 16.2. The lowest BCUT2D eigenvalue weighted by Crippen LogP contribution is -2.60. The van der Waals surface area contributed by atoms with E-state index in [1.54, 1.807) is 36.5 Å². The number of nitrogens with one attached hydrogen (secondary N) is 1. The number of likely N-dealkylation sites (N-methyl/N-ethyl adjacent to an activating group) is 1. The van der Waals surface area contributed by atoms with Crippen molar-refractivity contribution in [1.29, 1.82) is 0 Å². The fraction of sp³-hybridized carbons (Fsp3) is 0.316. The summed E-state index contributed by atoms with van der Waals surface area (Å²) in [6.45, 7) is 3.63. The molecule has 1 N–H and O–H groups in total. The van der Waals surface area contributed by atoms with Crippen molar-refractivity contribution in [1.82, 2.24) is 4.98 Å². The molecular formula is C19H21N3O5. The van der Waals surface area contributed by atoms with Crippen LogP contribution in [-0.2, 0) is 9.59 Å². The summed E-state index contributed by atoms with van der Waals surface area (Å²) in [5.41, 5.74) is -1.27. The Balaban J connectivity index is 1.91. The van der Waals surface area contributed by atoms with Gasteiger partial charge in [-0.3, -0.25) is 14.5 Å². The monoisotopic (exact) mass is 371 g/mol. The first kappa shape index (κ1) is 18.5. The zero-order chi connectivity index (χ0) is 19.6. The fourth-order valence-corrected chi connectivity index (χ4v) is 2.88. The van der Waals surface area contributed by atoms with Gasteiger partial charge in [0.2, 0.25) is 0 Å². The van der Waals surface area contributed by atoms with Gasteiger partial charge in [0.05, 0.1) is 14.2 Å². The van der Waals surface area contributed by atoms with Crippen molar-refractivity contribution in [3.05, 3.63) is 36.5 Å². The van der Waals surface area contributed by atoms with Gasteiger partial charge >= 0.3 is 0 Å². The number of fused-ring (bicyclic) bond motifs is 1. The quantitative estimate of drug-likeness (QED) is 0.811. The average Bonchev–Trinajstić information content (AvgIpc) is 2.68. The molecule has 1 aliphatic heterocycles. The minimum Gasteiger partial charge on any atom is -0.493 e. The van der Waals surface area contributed by atoms with Crippen LogP contribution in [0.1, 0.15) is 13.8 Å². The second-order valence-electron chi connectivity index (χ2n) is 6.03. The van der Waals surface area contributed by atoms with Crippen molar-refractivity contribution in [2.75, 3.05) is 31.0 Å². The molecule has 1 aromatic carbocycles. The van der Waals surface area contributed by atoms with Gasteiger partial charge in [0.15, 0.2) is 23.1 Å². The second-order valence-corrected chi connectivity index (χ2v) is 6.03. The maximum atomic E-state index is 13.0. The Kier molecular flexibility index (Phi) is 4.89. The van der Waals surface area contributed by atoms with E-state index in [-0.39, 0.29) is 0 Å². The maximum Gasteiger partial charge on any atom is 0.282 e. The molecule has 0 spiro atoms. The molecule has 0 unspecified atom stereocenters. The molecule has 1 atom stereocenters. The molecule has 0 aliphatic carbocycles. The molecule has 1 aliphatic rings. The smallest absolute Gasteiger partial charge is 0.282 e. The maximum absolute atomic E-state index is 13.0. The average molecular weight is 371 g/mol. The summed E-state index contributed by atoms with van der Waals surface area (Å²) >= 11 is 0. The van der Waals surface area contributed by atoms with Crippen LogP contribution in [0.15, 0.2) is 36.5 Å². The molecule has 0 radical (unpaired) electrons. The lowest BCUT2D eigenvalue weighted by Gasteiger charge is -2.38. The lowest BCUT2D eigenvalue weighted by atomic mass is 10.0. The minimum atomic E-state index is -1.72. The molecule has 8 nitrogen and oxygen atoms in total. The van der Waals surface area contributed by atoms with Crippen LogP contribution in [0, 0.1) is 0 Å². The highest BCUT2D eigenvalue weighted by atomic mass is 16.5. The molecule has 3 rings (SSSR count). The molecular weight excluding hydrogens is 350 g/mol. The standard InChI is InChI=1S/C19H21N3O5/c1-5-22-16-14(7-6-10-20-16)27-19(2,18(22)24)17(23)21-12-8-9-13(25-3)15(11-12)26-4/h6-11H,5H2,1-4H3,(H,21,23)/t19-/m1/s1. The van der Waals surface area contributed by atoms with E-state index in [2.05, 4.69) is 10.3 Å². The molecule has 2 aromatic rings. The second kappa shape index (κ2) is 7.14. The Morgan fingerprint density at radius 2 is 2.00 bits per heavy atom. The summed E-state index contributed by atoms with van der Waals surface area (Å²) in [5, 5.41) is 2.72. The van der Waals surface area contributed by atoms with Crippen molar-refractivity contribution in [3.8, 4) is 17.2 Å². The zero-order valence-corrected chi connectivity index (χ0v) is 15.6. The molecule has 0 fully saturated rings. The summed E-state index contributed by atoms with van der Waals surface area (Å²) in [6, 6.07) is 8.30. The molecule has 2 amide bonds. The van der Waals surface area contributed by atoms with E-state index in [0.717, 1.165) is 0 Å². The molecule has 1 aromatic heterocycles. The summed E-state index contributed by atoms with van der Waals surface area (Å²) in [4.78, 5) is 31.5. The number of nitrogens with zero attached hydrogens (tertiary/aromatic N) is 2.